The number of sulfonamides is 1. The molecule has 1 aromatic carbocycles. The van der Waals surface area contributed by atoms with Crippen LogP contribution in [-0.4, -0.2) is 28.0 Å². The molecule has 18 heavy (non-hydrogen) atoms. The third kappa shape index (κ3) is 4.46. The molecule has 1 rings (SSSR count). The Balaban J connectivity index is 2.70. The monoisotopic (exact) mass is 271 g/mol. The smallest absolute Gasteiger partial charge is 0.320 e. The predicted octanol–water partition coefficient (Wildman–Crippen LogP) is 0.896. The highest BCUT2D eigenvalue weighted by atomic mass is 32.2. The number of hydrogen-bond acceptors (Lipinski definition) is 4. The van der Waals surface area contributed by atoms with Crippen LogP contribution in [0, 0.1) is 13.8 Å². The van der Waals surface area contributed by atoms with Gasteiger partial charge >= 0.3 is 5.97 Å². The van der Waals surface area contributed by atoms with Crippen LogP contribution < -0.4 is 4.72 Å². The Morgan fingerprint density at radius 3 is 2.50 bits per heavy atom. The Bertz CT molecular complexity index is 537. The highest BCUT2D eigenvalue weighted by Gasteiger charge is 2.13. The number of aryl methyl sites for hydroxylation is 2. The summed E-state index contributed by atoms with van der Waals surface area (Å²) in [6.45, 7) is 3.54. The van der Waals surface area contributed by atoms with Crippen molar-refractivity contribution in [2.45, 2.75) is 19.6 Å². The lowest BCUT2D eigenvalue weighted by molar-refractivity contribution is -0.139. The van der Waals surface area contributed by atoms with Crippen LogP contribution in [0.2, 0.25) is 0 Å². The van der Waals surface area contributed by atoms with Crippen LogP contribution in [0.5, 0.6) is 0 Å². The molecular weight excluding hydrogens is 254 g/mol. The number of nitrogens with one attached hydrogen (secondary N) is 1. The number of ether oxygens (including phenoxy) is 1. The third-order valence-corrected chi connectivity index (χ3v) is 3.89. The Morgan fingerprint density at radius 1 is 1.28 bits per heavy atom. The molecule has 0 unspecified atom stereocenters. The number of carbonyl (C=O) groups is 1. The molecule has 0 aliphatic rings. The van der Waals surface area contributed by atoms with Gasteiger partial charge < -0.3 is 4.74 Å². The molecule has 0 amide bonds. The average molecular weight is 271 g/mol. The number of hydrogen-bond donors (Lipinski definition) is 1. The van der Waals surface area contributed by atoms with Gasteiger partial charge in [0.05, 0.1) is 12.9 Å². The Hall–Kier alpha value is -1.40. The fraction of sp³-hybridized carbons (Fsp3) is 0.417. The maximum absolute atomic E-state index is 11.7. The van der Waals surface area contributed by atoms with E-state index in [0.29, 0.717) is 5.56 Å². The van der Waals surface area contributed by atoms with E-state index in [0.717, 1.165) is 11.1 Å². The number of carbonyl (C=O) groups excluding carboxylic acids is 1. The van der Waals surface area contributed by atoms with Gasteiger partial charge in [0, 0.05) is 0 Å². The van der Waals surface area contributed by atoms with Crippen LogP contribution in [0.3, 0.4) is 0 Å². The van der Waals surface area contributed by atoms with Crippen LogP contribution in [-0.2, 0) is 25.3 Å². The first-order chi connectivity index (χ1) is 8.34. The summed E-state index contributed by atoms with van der Waals surface area (Å²) >= 11 is 0. The summed E-state index contributed by atoms with van der Waals surface area (Å²) in [6.07, 6.45) is 0. The van der Waals surface area contributed by atoms with Crippen molar-refractivity contribution in [3.63, 3.8) is 0 Å². The zero-order valence-electron chi connectivity index (χ0n) is 10.7. The molecule has 1 N–H and O–H groups in total. The molecule has 5 nitrogen and oxygen atoms in total. The Labute approximate surface area is 107 Å². The number of rotatable bonds is 5. The number of esters is 1. The summed E-state index contributed by atoms with van der Waals surface area (Å²) < 4.78 is 30.0. The van der Waals surface area contributed by atoms with Crippen molar-refractivity contribution >= 4 is 16.0 Å². The lowest BCUT2D eigenvalue weighted by Gasteiger charge is -2.07. The molecule has 100 valence electrons. The maximum Gasteiger partial charge on any atom is 0.320 e. The molecule has 0 saturated carbocycles. The largest absolute Gasteiger partial charge is 0.468 e. The minimum Gasteiger partial charge on any atom is -0.468 e. The van der Waals surface area contributed by atoms with Crippen molar-refractivity contribution in [1.82, 2.24) is 4.72 Å². The van der Waals surface area contributed by atoms with E-state index in [-0.39, 0.29) is 12.3 Å². The molecule has 0 fully saturated rings. The molecule has 0 aliphatic carbocycles. The van der Waals surface area contributed by atoms with Gasteiger partial charge in [-0.15, -0.1) is 0 Å². The van der Waals surface area contributed by atoms with Gasteiger partial charge in [0.1, 0.15) is 6.54 Å². The molecule has 6 heteroatoms. The average Bonchev–Trinajstić information content (AvgIpc) is 2.30. The van der Waals surface area contributed by atoms with Gasteiger partial charge in [0.25, 0.3) is 0 Å². The molecule has 0 radical (unpaired) electrons. The lowest BCUT2D eigenvalue weighted by atomic mass is 10.1. The molecule has 0 spiro atoms. The van der Waals surface area contributed by atoms with Crippen LogP contribution >= 0.6 is 0 Å². The first kappa shape index (κ1) is 14.7. The molecule has 0 saturated heterocycles. The summed E-state index contributed by atoms with van der Waals surface area (Å²) in [5.74, 6) is -0.760. The van der Waals surface area contributed by atoms with Gasteiger partial charge in [-0.2, -0.15) is 0 Å². The van der Waals surface area contributed by atoms with E-state index >= 15 is 0 Å². The van der Waals surface area contributed by atoms with Gasteiger partial charge in [-0.1, -0.05) is 18.2 Å². The van der Waals surface area contributed by atoms with Crippen molar-refractivity contribution in [3.8, 4) is 0 Å². The van der Waals surface area contributed by atoms with Crippen molar-refractivity contribution < 1.29 is 17.9 Å². The van der Waals surface area contributed by atoms with Crippen molar-refractivity contribution in [1.29, 1.82) is 0 Å². The molecule has 0 atom stereocenters. The van der Waals surface area contributed by atoms with Crippen molar-refractivity contribution in [2.75, 3.05) is 13.7 Å². The van der Waals surface area contributed by atoms with Gasteiger partial charge in [-0.3, -0.25) is 4.79 Å². The van der Waals surface area contributed by atoms with Crippen LogP contribution in [0.15, 0.2) is 18.2 Å². The van der Waals surface area contributed by atoms with E-state index in [9.17, 15) is 13.2 Å². The fourth-order valence-corrected chi connectivity index (χ4v) is 2.46. The summed E-state index contributed by atoms with van der Waals surface area (Å²) in [5.41, 5.74) is 2.84. The zero-order valence-corrected chi connectivity index (χ0v) is 11.5. The summed E-state index contributed by atoms with van der Waals surface area (Å²) in [5, 5.41) is 0. The predicted molar refractivity (Wildman–Crippen MR) is 68.6 cm³/mol. The van der Waals surface area contributed by atoms with Gasteiger partial charge in [-0.25, -0.2) is 13.1 Å². The summed E-state index contributed by atoms with van der Waals surface area (Å²) in [7, 11) is -2.31. The molecule has 0 aliphatic heterocycles. The van der Waals surface area contributed by atoms with Crippen molar-refractivity contribution in [2.24, 2.45) is 0 Å². The van der Waals surface area contributed by atoms with E-state index in [1.165, 1.54) is 7.11 Å². The minimum absolute atomic E-state index is 0.148. The van der Waals surface area contributed by atoms with E-state index < -0.39 is 16.0 Å². The SMILES string of the molecule is COC(=O)CNS(=O)(=O)Cc1ccc(C)c(C)c1. The zero-order chi connectivity index (χ0) is 13.8. The first-order valence-corrected chi connectivity index (χ1v) is 7.09. The molecule has 0 bridgehead atoms. The van der Waals surface area contributed by atoms with Gasteiger partial charge in [0.2, 0.25) is 10.0 Å². The van der Waals surface area contributed by atoms with Gasteiger partial charge in [0.15, 0.2) is 0 Å². The van der Waals surface area contributed by atoms with E-state index in [1.807, 2.05) is 26.0 Å². The standard InChI is InChI=1S/C12H17NO4S/c1-9-4-5-11(6-10(9)2)8-18(15,16)13-7-12(14)17-3/h4-6,13H,7-8H2,1-3H3. The Kier molecular flexibility index (Phi) is 4.86. The highest BCUT2D eigenvalue weighted by molar-refractivity contribution is 7.88. The number of benzene rings is 1. The second-order valence-electron chi connectivity index (χ2n) is 4.07. The maximum atomic E-state index is 11.7. The van der Waals surface area contributed by atoms with Crippen molar-refractivity contribution in [3.05, 3.63) is 34.9 Å². The topological polar surface area (TPSA) is 72.5 Å². The normalized spacial score (nSPS) is 11.3. The quantitative estimate of drug-likeness (QED) is 0.807. The van der Waals surface area contributed by atoms with E-state index in [1.54, 1.807) is 6.07 Å². The van der Waals surface area contributed by atoms with Crippen LogP contribution in [0.25, 0.3) is 0 Å². The molecule has 1 aromatic rings. The highest BCUT2D eigenvalue weighted by Crippen LogP contribution is 2.12. The Morgan fingerprint density at radius 2 is 1.94 bits per heavy atom. The van der Waals surface area contributed by atoms with E-state index in [2.05, 4.69) is 9.46 Å². The molecule has 0 heterocycles. The fourth-order valence-electron chi connectivity index (χ4n) is 1.40. The first-order valence-electron chi connectivity index (χ1n) is 5.44. The number of methoxy groups -OCH3 is 1. The molecule has 0 aromatic heterocycles. The molecular formula is C12H17NO4S. The van der Waals surface area contributed by atoms with Crippen LogP contribution in [0.1, 0.15) is 16.7 Å². The second kappa shape index (κ2) is 5.97. The summed E-state index contributed by atoms with van der Waals surface area (Å²) in [6, 6.07) is 5.47. The third-order valence-electron chi connectivity index (χ3n) is 2.59. The minimum atomic E-state index is -3.52. The lowest BCUT2D eigenvalue weighted by Crippen LogP contribution is -2.31. The van der Waals surface area contributed by atoms with Gasteiger partial charge in [-0.05, 0) is 30.5 Å². The second-order valence-corrected chi connectivity index (χ2v) is 5.88. The summed E-state index contributed by atoms with van der Waals surface area (Å²) in [4.78, 5) is 10.9. The van der Waals surface area contributed by atoms with E-state index in [4.69, 9.17) is 0 Å². The van der Waals surface area contributed by atoms with Crippen LogP contribution in [0.4, 0.5) is 0 Å².